The van der Waals surface area contributed by atoms with Crippen molar-refractivity contribution in [3.8, 4) is 0 Å². The second-order valence-corrected chi connectivity index (χ2v) is 11.9. The molecule has 2 N–H and O–H groups in total. The molecule has 35 heavy (non-hydrogen) atoms. The molecule has 3 aliphatic heterocycles. The third-order valence-corrected chi connectivity index (χ3v) is 8.88. The molecule has 2 spiro atoms. The summed E-state index contributed by atoms with van der Waals surface area (Å²) in [4.78, 5) is 35.0. The first kappa shape index (κ1) is 21.4. The normalized spacial score (nSPS) is 24.5. The van der Waals surface area contributed by atoms with Gasteiger partial charge in [-0.25, -0.2) is 4.79 Å². The van der Waals surface area contributed by atoms with Crippen LogP contribution < -0.4 is 5.32 Å². The Bertz CT molecular complexity index is 1160. The number of nitrogens with one attached hydrogen (secondary N) is 2. The van der Waals surface area contributed by atoms with Crippen LogP contribution in [0.5, 0.6) is 0 Å². The minimum absolute atomic E-state index is 0.0369. The van der Waals surface area contributed by atoms with E-state index in [4.69, 9.17) is 0 Å². The summed E-state index contributed by atoms with van der Waals surface area (Å²) in [5, 5.41) is 11.5. The van der Waals surface area contributed by atoms with Crippen LogP contribution in [0.15, 0.2) is 24.3 Å². The van der Waals surface area contributed by atoms with Crippen molar-refractivity contribution in [2.24, 2.45) is 10.8 Å². The van der Waals surface area contributed by atoms with Crippen molar-refractivity contribution >= 4 is 11.9 Å². The van der Waals surface area contributed by atoms with E-state index in [2.05, 4.69) is 25.4 Å². The number of amides is 3. The zero-order valence-corrected chi connectivity index (χ0v) is 20.3. The van der Waals surface area contributed by atoms with Gasteiger partial charge in [0.25, 0.3) is 5.91 Å². The standard InChI is InChI=1S/C26H33N7O2/c1-27-23(34)20-5-3-2-4-18(20)10-31-11-26(12-31)15-33(16-26)24(35)32-13-25(14-32)8-19(9-25)22-28-21(29-30-22)17-6-7-17/h2-5,17,19H,6-16H2,1H3,(H,27,34)(H,28,29,30). The van der Waals surface area contributed by atoms with E-state index in [1.54, 1.807) is 7.05 Å². The highest BCUT2D eigenvalue weighted by Gasteiger charge is 2.58. The second kappa shape index (κ2) is 7.53. The first-order chi connectivity index (χ1) is 16.9. The molecule has 9 heteroatoms. The SMILES string of the molecule is CNC(=O)c1ccccc1CN1CC2(C1)CN(C(=O)N1CC3(CC(c4nnc(C5CC5)[nH]4)C3)C1)C2. The van der Waals surface area contributed by atoms with Gasteiger partial charge in [-0.15, -0.1) is 10.2 Å². The van der Waals surface area contributed by atoms with Crippen molar-refractivity contribution in [1.82, 2.24) is 35.2 Å². The highest BCUT2D eigenvalue weighted by atomic mass is 16.2. The Labute approximate surface area is 205 Å². The van der Waals surface area contributed by atoms with Gasteiger partial charge in [-0.3, -0.25) is 9.69 Å². The molecular formula is C26H33N7O2. The number of hydrogen-bond donors (Lipinski definition) is 2. The van der Waals surface area contributed by atoms with Gasteiger partial charge in [0.05, 0.1) is 0 Å². The van der Waals surface area contributed by atoms with Crippen LogP contribution in [-0.4, -0.2) is 88.1 Å². The Morgan fingerprint density at radius 1 is 0.943 bits per heavy atom. The summed E-state index contributed by atoms with van der Waals surface area (Å²) in [6.45, 7) is 6.24. The molecule has 2 saturated carbocycles. The van der Waals surface area contributed by atoms with Gasteiger partial charge in [0.15, 0.2) is 0 Å². The average Bonchev–Trinajstić information content (AvgIpc) is 3.50. The molecule has 5 aliphatic rings. The van der Waals surface area contributed by atoms with E-state index < -0.39 is 0 Å². The Morgan fingerprint density at radius 3 is 2.23 bits per heavy atom. The first-order valence-electron chi connectivity index (χ1n) is 12.9. The van der Waals surface area contributed by atoms with Gasteiger partial charge in [-0.05, 0) is 37.3 Å². The van der Waals surface area contributed by atoms with E-state index >= 15 is 0 Å². The maximum absolute atomic E-state index is 13.0. The molecule has 184 valence electrons. The number of hydrogen-bond acceptors (Lipinski definition) is 5. The second-order valence-electron chi connectivity index (χ2n) is 11.9. The molecule has 3 saturated heterocycles. The molecule has 0 bridgehead atoms. The number of aromatic nitrogens is 3. The maximum Gasteiger partial charge on any atom is 0.320 e. The van der Waals surface area contributed by atoms with Gasteiger partial charge in [-0.1, -0.05) is 18.2 Å². The van der Waals surface area contributed by atoms with Gasteiger partial charge in [0.2, 0.25) is 0 Å². The predicted molar refractivity (Wildman–Crippen MR) is 129 cm³/mol. The van der Waals surface area contributed by atoms with Gasteiger partial charge in [-0.2, -0.15) is 0 Å². The number of aromatic amines is 1. The number of benzene rings is 1. The molecule has 1 aromatic heterocycles. The van der Waals surface area contributed by atoms with E-state index in [1.807, 2.05) is 34.1 Å². The van der Waals surface area contributed by atoms with Crippen LogP contribution in [0.4, 0.5) is 4.79 Å². The topological polar surface area (TPSA) is 97.5 Å². The first-order valence-corrected chi connectivity index (χ1v) is 12.9. The molecule has 4 heterocycles. The molecule has 1 aromatic carbocycles. The van der Waals surface area contributed by atoms with Gasteiger partial charge >= 0.3 is 6.03 Å². The lowest BCUT2D eigenvalue weighted by Crippen LogP contribution is -2.75. The van der Waals surface area contributed by atoms with Crippen LogP contribution in [0.2, 0.25) is 0 Å². The summed E-state index contributed by atoms with van der Waals surface area (Å²) in [6.07, 6.45) is 4.71. The van der Waals surface area contributed by atoms with E-state index in [9.17, 15) is 9.59 Å². The number of likely N-dealkylation sites (tertiary alicyclic amines) is 3. The van der Waals surface area contributed by atoms with Crippen molar-refractivity contribution in [2.75, 3.05) is 46.3 Å². The molecule has 2 aliphatic carbocycles. The monoisotopic (exact) mass is 475 g/mol. The van der Waals surface area contributed by atoms with Crippen LogP contribution in [0.25, 0.3) is 0 Å². The third-order valence-electron chi connectivity index (χ3n) is 8.88. The van der Waals surface area contributed by atoms with Crippen molar-refractivity contribution in [3.05, 3.63) is 47.0 Å². The van der Waals surface area contributed by atoms with E-state index in [0.717, 1.165) is 81.4 Å². The molecule has 3 amide bonds. The summed E-state index contributed by atoms with van der Waals surface area (Å²) in [5.41, 5.74) is 2.36. The molecular weight excluding hydrogens is 442 g/mol. The minimum atomic E-state index is -0.0369. The summed E-state index contributed by atoms with van der Waals surface area (Å²) >= 11 is 0. The van der Waals surface area contributed by atoms with Crippen LogP contribution in [-0.2, 0) is 6.54 Å². The molecule has 9 nitrogen and oxygen atoms in total. The summed E-state index contributed by atoms with van der Waals surface area (Å²) in [5.74, 6) is 3.19. The van der Waals surface area contributed by atoms with Gasteiger partial charge < -0.3 is 20.1 Å². The van der Waals surface area contributed by atoms with E-state index in [0.29, 0.717) is 17.3 Å². The van der Waals surface area contributed by atoms with Crippen molar-refractivity contribution in [2.45, 2.75) is 44.1 Å². The summed E-state index contributed by atoms with van der Waals surface area (Å²) in [7, 11) is 1.67. The number of H-pyrrole nitrogens is 1. The summed E-state index contributed by atoms with van der Waals surface area (Å²) in [6, 6.07) is 8.02. The number of rotatable bonds is 5. The van der Waals surface area contributed by atoms with Crippen LogP contribution in [0.3, 0.4) is 0 Å². The quantitative estimate of drug-likeness (QED) is 0.691. The Hall–Kier alpha value is -2.94. The van der Waals surface area contributed by atoms with Crippen molar-refractivity contribution in [1.29, 1.82) is 0 Å². The van der Waals surface area contributed by atoms with Crippen molar-refractivity contribution in [3.63, 3.8) is 0 Å². The fourth-order valence-electron chi connectivity index (χ4n) is 6.92. The van der Waals surface area contributed by atoms with Crippen LogP contribution >= 0.6 is 0 Å². The molecule has 5 fully saturated rings. The van der Waals surface area contributed by atoms with Crippen molar-refractivity contribution < 1.29 is 9.59 Å². The fourth-order valence-corrected chi connectivity index (χ4v) is 6.92. The third kappa shape index (κ3) is 3.54. The smallest absolute Gasteiger partial charge is 0.320 e. The summed E-state index contributed by atoms with van der Waals surface area (Å²) < 4.78 is 0. The van der Waals surface area contributed by atoms with Crippen LogP contribution in [0.1, 0.15) is 65.1 Å². The highest BCUT2D eigenvalue weighted by Crippen LogP contribution is 2.56. The number of nitrogens with zero attached hydrogens (tertiary/aromatic N) is 5. The fraction of sp³-hybridized carbons (Fsp3) is 0.615. The Morgan fingerprint density at radius 2 is 1.57 bits per heavy atom. The van der Waals surface area contributed by atoms with Gasteiger partial charge in [0, 0.05) is 81.1 Å². The lowest BCUT2D eigenvalue weighted by Gasteiger charge is -2.63. The molecule has 0 unspecified atom stereocenters. The molecule has 0 atom stereocenters. The van der Waals surface area contributed by atoms with E-state index in [1.165, 1.54) is 12.8 Å². The lowest BCUT2D eigenvalue weighted by atomic mass is 9.57. The number of carbonyl (C=O) groups excluding carboxylic acids is 2. The van der Waals surface area contributed by atoms with Crippen LogP contribution in [0, 0.1) is 10.8 Å². The predicted octanol–water partition coefficient (Wildman–Crippen LogP) is 2.16. The van der Waals surface area contributed by atoms with Gasteiger partial charge in [0.1, 0.15) is 11.6 Å². The molecule has 2 aromatic rings. The number of carbonyl (C=O) groups is 2. The zero-order valence-electron chi connectivity index (χ0n) is 20.3. The molecule has 7 rings (SSSR count). The Kier molecular flexibility index (Phi) is 4.59. The van der Waals surface area contributed by atoms with E-state index in [-0.39, 0.29) is 17.4 Å². The minimum Gasteiger partial charge on any atom is -0.355 e. The maximum atomic E-state index is 13.0. The number of urea groups is 1. The highest BCUT2D eigenvalue weighted by molar-refractivity contribution is 5.95. The molecule has 0 radical (unpaired) electrons. The lowest BCUT2D eigenvalue weighted by molar-refractivity contribution is -0.116. The zero-order chi connectivity index (χ0) is 23.8. The average molecular weight is 476 g/mol. The Balaban J connectivity index is 0.859. The largest absolute Gasteiger partial charge is 0.355 e.